The molecule has 3 N–H and O–H groups in total. The molecule has 1 amide bonds. The van der Waals surface area contributed by atoms with Crippen LogP contribution in [-0.4, -0.2) is 51.4 Å². The minimum Gasteiger partial charge on any atom is -0.382 e. The third-order valence-corrected chi connectivity index (χ3v) is 5.87. The number of pyridine rings is 3. The van der Waals surface area contributed by atoms with E-state index in [9.17, 15) is 9.59 Å². The fourth-order valence-electron chi connectivity index (χ4n) is 4.30. The average molecular weight is 428 g/mol. The molecule has 0 radical (unpaired) electrons. The van der Waals surface area contributed by atoms with Crippen molar-refractivity contribution in [2.24, 2.45) is 0 Å². The van der Waals surface area contributed by atoms with E-state index in [1.165, 1.54) is 0 Å². The van der Waals surface area contributed by atoms with E-state index in [-0.39, 0.29) is 17.5 Å². The van der Waals surface area contributed by atoms with E-state index in [0.717, 1.165) is 42.4 Å². The summed E-state index contributed by atoms with van der Waals surface area (Å²) in [6.45, 7) is 2.01. The summed E-state index contributed by atoms with van der Waals surface area (Å²) in [7, 11) is 0. The lowest BCUT2D eigenvalue weighted by atomic mass is 10.0. The number of amides is 1. The largest absolute Gasteiger partial charge is 0.382 e. The van der Waals surface area contributed by atoms with Crippen molar-refractivity contribution in [3.05, 3.63) is 71.3 Å². The van der Waals surface area contributed by atoms with Crippen molar-refractivity contribution in [3.8, 4) is 0 Å². The molecular formula is C24H24N6O2. The molecule has 4 aromatic rings. The van der Waals surface area contributed by atoms with Crippen molar-refractivity contribution in [3.63, 3.8) is 0 Å². The SMILES string of the molecule is O=C(CN1CCC(Nc2ccnc3[nH]c(=O)c4ccccc4c23)CC1)Nc1ccccn1. The highest BCUT2D eigenvalue weighted by Crippen LogP contribution is 2.28. The van der Waals surface area contributed by atoms with Crippen LogP contribution in [0.5, 0.6) is 0 Å². The molecule has 8 nitrogen and oxygen atoms in total. The monoisotopic (exact) mass is 428 g/mol. The zero-order chi connectivity index (χ0) is 21.9. The van der Waals surface area contributed by atoms with Gasteiger partial charge >= 0.3 is 0 Å². The summed E-state index contributed by atoms with van der Waals surface area (Å²) < 4.78 is 0. The van der Waals surface area contributed by atoms with E-state index in [1.54, 1.807) is 18.5 Å². The highest BCUT2D eigenvalue weighted by atomic mass is 16.2. The number of aromatic nitrogens is 3. The molecule has 0 bridgehead atoms. The fraction of sp³-hybridized carbons (Fsp3) is 0.250. The van der Waals surface area contributed by atoms with E-state index in [2.05, 4.69) is 30.5 Å². The van der Waals surface area contributed by atoms with Gasteiger partial charge in [-0.1, -0.05) is 24.3 Å². The highest BCUT2D eigenvalue weighted by Gasteiger charge is 2.22. The highest BCUT2D eigenvalue weighted by molar-refractivity contribution is 6.10. The van der Waals surface area contributed by atoms with Crippen LogP contribution < -0.4 is 16.2 Å². The van der Waals surface area contributed by atoms with Gasteiger partial charge in [0, 0.05) is 53.4 Å². The Morgan fingerprint density at radius 1 is 1.00 bits per heavy atom. The van der Waals surface area contributed by atoms with Crippen molar-refractivity contribution in [1.29, 1.82) is 0 Å². The second kappa shape index (κ2) is 8.76. The molecule has 8 heteroatoms. The molecule has 0 aliphatic carbocycles. The summed E-state index contributed by atoms with van der Waals surface area (Å²) in [5, 5.41) is 8.97. The molecule has 162 valence electrons. The first kappa shape index (κ1) is 20.1. The molecule has 32 heavy (non-hydrogen) atoms. The molecule has 0 unspecified atom stereocenters. The van der Waals surface area contributed by atoms with E-state index in [1.807, 2.05) is 42.5 Å². The predicted molar refractivity (Wildman–Crippen MR) is 126 cm³/mol. The van der Waals surface area contributed by atoms with Crippen LogP contribution in [-0.2, 0) is 4.79 Å². The topological polar surface area (TPSA) is 103 Å². The van der Waals surface area contributed by atoms with Crippen molar-refractivity contribution < 1.29 is 4.79 Å². The molecule has 1 aliphatic rings. The maximum absolute atomic E-state index is 12.4. The summed E-state index contributed by atoms with van der Waals surface area (Å²) in [6, 6.07) is 15.3. The summed E-state index contributed by atoms with van der Waals surface area (Å²) in [5.74, 6) is 0.523. The van der Waals surface area contributed by atoms with Crippen LogP contribution >= 0.6 is 0 Å². The number of carbonyl (C=O) groups excluding carboxylic acids is 1. The predicted octanol–water partition coefficient (Wildman–Crippen LogP) is 2.99. The second-order valence-electron chi connectivity index (χ2n) is 8.04. The van der Waals surface area contributed by atoms with E-state index < -0.39 is 0 Å². The van der Waals surface area contributed by atoms with Crippen molar-refractivity contribution >= 4 is 39.2 Å². The number of rotatable bonds is 5. The van der Waals surface area contributed by atoms with Gasteiger partial charge in [0.15, 0.2) is 0 Å². The van der Waals surface area contributed by atoms with Gasteiger partial charge in [0.1, 0.15) is 11.5 Å². The van der Waals surface area contributed by atoms with Gasteiger partial charge in [-0.05, 0) is 37.1 Å². The zero-order valence-electron chi connectivity index (χ0n) is 17.5. The number of fused-ring (bicyclic) bond motifs is 3. The Morgan fingerprint density at radius 2 is 1.78 bits per heavy atom. The van der Waals surface area contributed by atoms with Gasteiger partial charge in [0.05, 0.1) is 6.54 Å². The fourth-order valence-corrected chi connectivity index (χ4v) is 4.30. The first-order valence-electron chi connectivity index (χ1n) is 10.8. The zero-order valence-corrected chi connectivity index (χ0v) is 17.5. The number of nitrogens with zero attached hydrogens (tertiary/aromatic N) is 3. The smallest absolute Gasteiger partial charge is 0.257 e. The normalized spacial score (nSPS) is 15.1. The molecule has 1 fully saturated rings. The van der Waals surface area contributed by atoms with Gasteiger partial charge in [-0.25, -0.2) is 9.97 Å². The Labute approximate surface area is 184 Å². The van der Waals surface area contributed by atoms with Crippen LogP contribution in [0.3, 0.4) is 0 Å². The standard InChI is InChI=1S/C24H24N6O2/c31-21(28-20-7-3-4-11-25-20)15-30-13-9-16(10-14-30)27-19-8-12-26-23-22(19)17-5-1-2-6-18(17)24(32)29-23/h1-8,11-12,16H,9-10,13-15H2,(H,25,28,31)(H2,26,27,29,32). The number of anilines is 2. The van der Waals surface area contributed by atoms with Crippen LogP contribution in [0.15, 0.2) is 65.7 Å². The molecule has 1 saturated heterocycles. The Morgan fingerprint density at radius 3 is 2.56 bits per heavy atom. The Balaban J connectivity index is 1.26. The molecule has 3 aromatic heterocycles. The van der Waals surface area contributed by atoms with Crippen LogP contribution in [0.25, 0.3) is 21.8 Å². The summed E-state index contributed by atoms with van der Waals surface area (Å²) in [5.41, 5.74) is 1.42. The first-order valence-corrected chi connectivity index (χ1v) is 10.8. The van der Waals surface area contributed by atoms with Gasteiger partial charge < -0.3 is 15.6 Å². The lowest BCUT2D eigenvalue weighted by Gasteiger charge is -2.32. The summed E-state index contributed by atoms with van der Waals surface area (Å²) >= 11 is 0. The Hall–Kier alpha value is -3.78. The van der Waals surface area contributed by atoms with Crippen LogP contribution in [0, 0.1) is 0 Å². The van der Waals surface area contributed by atoms with E-state index in [0.29, 0.717) is 23.4 Å². The second-order valence-corrected chi connectivity index (χ2v) is 8.04. The van der Waals surface area contributed by atoms with Crippen LogP contribution in [0.4, 0.5) is 11.5 Å². The Bertz CT molecular complexity index is 1310. The molecule has 5 rings (SSSR count). The molecule has 4 heterocycles. The van der Waals surface area contributed by atoms with Gasteiger partial charge in [0.25, 0.3) is 5.56 Å². The Kier molecular flexibility index (Phi) is 5.51. The molecule has 0 atom stereocenters. The maximum Gasteiger partial charge on any atom is 0.257 e. The summed E-state index contributed by atoms with van der Waals surface area (Å²) in [4.78, 5) is 38.2. The maximum atomic E-state index is 12.4. The number of nitrogens with one attached hydrogen (secondary N) is 3. The number of carbonyl (C=O) groups is 1. The van der Waals surface area contributed by atoms with E-state index >= 15 is 0 Å². The van der Waals surface area contributed by atoms with Crippen molar-refractivity contribution in [2.45, 2.75) is 18.9 Å². The van der Waals surface area contributed by atoms with Crippen LogP contribution in [0.1, 0.15) is 12.8 Å². The number of aromatic amines is 1. The van der Waals surface area contributed by atoms with E-state index in [4.69, 9.17) is 0 Å². The molecule has 0 saturated carbocycles. The quantitative estimate of drug-likeness (QED) is 0.422. The average Bonchev–Trinajstić information content (AvgIpc) is 2.81. The molecular weight excluding hydrogens is 404 g/mol. The van der Waals surface area contributed by atoms with Gasteiger partial charge in [0.2, 0.25) is 5.91 Å². The van der Waals surface area contributed by atoms with Gasteiger partial charge in [-0.3, -0.25) is 14.5 Å². The number of piperidine rings is 1. The first-order chi connectivity index (χ1) is 15.7. The van der Waals surface area contributed by atoms with Gasteiger partial charge in [-0.15, -0.1) is 0 Å². The molecule has 1 aliphatic heterocycles. The number of hydrogen-bond donors (Lipinski definition) is 3. The van der Waals surface area contributed by atoms with Crippen molar-refractivity contribution in [2.75, 3.05) is 30.3 Å². The molecule has 1 aromatic carbocycles. The van der Waals surface area contributed by atoms with Gasteiger partial charge in [-0.2, -0.15) is 0 Å². The number of benzene rings is 1. The minimum atomic E-state index is -0.130. The number of hydrogen-bond acceptors (Lipinski definition) is 6. The lowest BCUT2D eigenvalue weighted by molar-refractivity contribution is -0.117. The van der Waals surface area contributed by atoms with Crippen molar-refractivity contribution in [1.82, 2.24) is 19.9 Å². The number of H-pyrrole nitrogens is 1. The third-order valence-electron chi connectivity index (χ3n) is 5.87. The van der Waals surface area contributed by atoms with Crippen LogP contribution in [0.2, 0.25) is 0 Å². The third kappa shape index (κ3) is 4.17. The lowest BCUT2D eigenvalue weighted by Crippen LogP contribution is -2.42. The number of likely N-dealkylation sites (tertiary alicyclic amines) is 1. The minimum absolute atomic E-state index is 0.0503. The summed E-state index contributed by atoms with van der Waals surface area (Å²) in [6.07, 6.45) is 5.21. The molecule has 0 spiro atoms.